The Kier molecular flexibility index (Phi) is 4.08. The van der Waals surface area contributed by atoms with Gasteiger partial charge in [0, 0.05) is 23.9 Å². The van der Waals surface area contributed by atoms with Gasteiger partial charge in [0.15, 0.2) is 0 Å². The molecule has 3 fully saturated rings. The second-order valence-corrected chi connectivity index (χ2v) is 7.45. The fourth-order valence-electron chi connectivity index (χ4n) is 4.32. The van der Waals surface area contributed by atoms with Crippen LogP contribution in [0.1, 0.15) is 51.9 Å². The first kappa shape index (κ1) is 15.0. The summed E-state index contributed by atoms with van der Waals surface area (Å²) in [5.74, 6) is 0.856. The van der Waals surface area contributed by atoms with Crippen LogP contribution in [0.3, 0.4) is 0 Å². The standard InChI is InChI=1S/C17H28N2O2/c1-13(20)15-4-9-17(7-3-8-17)19(12-15)16(21)14-5-10-18(2)11-6-14/h14-15H,3-12H2,1-2H3. The number of ketones is 1. The van der Waals surface area contributed by atoms with Gasteiger partial charge in [0.1, 0.15) is 5.78 Å². The van der Waals surface area contributed by atoms with Crippen molar-refractivity contribution in [3.63, 3.8) is 0 Å². The lowest BCUT2D eigenvalue weighted by molar-refractivity contribution is -0.154. The molecule has 4 nitrogen and oxygen atoms in total. The fraction of sp³-hybridized carbons (Fsp3) is 0.882. The minimum absolute atomic E-state index is 0.0754. The predicted molar refractivity (Wildman–Crippen MR) is 81.9 cm³/mol. The molecule has 0 radical (unpaired) electrons. The summed E-state index contributed by atoms with van der Waals surface area (Å²) >= 11 is 0. The van der Waals surface area contributed by atoms with Crippen LogP contribution in [0.4, 0.5) is 0 Å². The molecule has 21 heavy (non-hydrogen) atoms. The van der Waals surface area contributed by atoms with Gasteiger partial charge in [-0.2, -0.15) is 0 Å². The van der Waals surface area contributed by atoms with Gasteiger partial charge in [-0.05, 0) is 72.0 Å². The minimum atomic E-state index is 0.0754. The monoisotopic (exact) mass is 292 g/mol. The van der Waals surface area contributed by atoms with E-state index >= 15 is 0 Å². The third kappa shape index (κ3) is 2.75. The van der Waals surface area contributed by atoms with Crippen molar-refractivity contribution >= 4 is 11.7 Å². The van der Waals surface area contributed by atoms with Gasteiger partial charge >= 0.3 is 0 Å². The Balaban J connectivity index is 1.72. The molecule has 1 aliphatic carbocycles. The van der Waals surface area contributed by atoms with Crippen LogP contribution in [-0.4, -0.2) is 53.7 Å². The zero-order valence-corrected chi connectivity index (χ0v) is 13.4. The van der Waals surface area contributed by atoms with Crippen LogP contribution in [0.2, 0.25) is 0 Å². The first-order valence-corrected chi connectivity index (χ1v) is 8.52. The van der Waals surface area contributed by atoms with Crippen LogP contribution < -0.4 is 0 Å². The molecule has 1 spiro atoms. The molecule has 1 saturated carbocycles. The highest BCUT2D eigenvalue weighted by molar-refractivity contribution is 5.83. The summed E-state index contributed by atoms with van der Waals surface area (Å²) in [4.78, 5) is 29.2. The maximum Gasteiger partial charge on any atom is 0.226 e. The average molecular weight is 292 g/mol. The molecule has 0 N–H and O–H groups in total. The number of amides is 1. The molecule has 3 aliphatic rings. The maximum atomic E-state index is 13.0. The zero-order chi connectivity index (χ0) is 15.0. The predicted octanol–water partition coefficient (Wildman–Crippen LogP) is 2.08. The Morgan fingerprint density at radius 1 is 1.00 bits per heavy atom. The van der Waals surface area contributed by atoms with Gasteiger partial charge in [-0.15, -0.1) is 0 Å². The largest absolute Gasteiger partial charge is 0.336 e. The number of carbonyl (C=O) groups is 2. The van der Waals surface area contributed by atoms with Gasteiger partial charge in [-0.1, -0.05) is 0 Å². The van der Waals surface area contributed by atoms with E-state index in [0.717, 1.165) is 51.6 Å². The number of likely N-dealkylation sites (tertiary alicyclic amines) is 2. The first-order valence-electron chi connectivity index (χ1n) is 8.52. The minimum Gasteiger partial charge on any atom is -0.336 e. The molecule has 1 atom stereocenters. The Morgan fingerprint density at radius 3 is 2.19 bits per heavy atom. The van der Waals surface area contributed by atoms with E-state index in [1.165, 1.54) is 6.42 Å². The lowest BCUT2D eigenvalue weighted by Gasteiger charge is -2.55. The number of piperidine rings is 2. The summed E-state index contributed by atoms with van der Waals surface area (Å²) in [6, 6.07) is 0. The molecule has 4 heteroatoms. The molecule has 3 rings (SSSR count). The van der Waals surface area contributed by atoms with E-state index in [-0.39, 0.29) is 23.2 Å². The highest BCUT2D eigenvalue weighted by atomic mass is 16.2. The summed E-state index contributed by atoms with van der Waals surface area (Å²) in [5, 5.41) is 0. The van der Waals surface area contributed by atoms with Crippen LogP contribution in [0.5, 0.6) is 0 Å². The van der Waals surface area contributed by atoms with Gasteiger partial charge in [-0.25, -0.2) is 0 Å². The molecule has 118 valence electrons. The van der Waals surface area contributed by atoms with Crippen molar-refractivity contribution in [2.24, 2.45) is 11.8 Å². The summed E-state index contributed by atoms with van der Waals surface area (Å²) in [7, 11) is 2.13. The number of hydrogen-bond acceptors (Lipinski definition) is 3. The van der Waals surface area contributed by atoms with Crippen LogP contribution >= 0.6 is 0 Å². The summed E-state index contributed by atoms with van der Waals surface area (Å²) in [6.45, 7) is 4.41. The van der Waals surface area contributed by atoms with Crippen molar-refractivity contribution in [3.8, 4) is 0 Å². The smallest absolute Gasteiger partial charge is 0.226 e. The van der Waals surface area contributed by atoms with E-state index in [9.17, 15) is 9.59 Å². The molecule has 0 aromatic carbocycles. The van der Waals surface area contributed by atoms with Crippen LogP contribution in [0.15, 0.2) is 0 Å². The van der Waals surface area contributed by atoms with Gasteiger partial charge in [-0.3, -0.25) is 9.59 Å². The Morgan fingerprint density at radius 2 is 1.67 bits per heavy atom. The third-order valence-corrected chi connectivity index (χ3v) is 6.13. The zero-order valence-electron chi connectivity index (χ0n) is 13.4. The second kappa shape index (κ2) is 5.71. The van der Waals surface area contributed by atoms with Crippen molar-refractivity contribution in [1.82, 2.24) is 9.80 Å². The molecular weight excluding hydrogens is 264 g/mol. The Labute approximate surface area is 127 Å². The second-order valence-electron chi connectivity index (χ2n) is 7.45. The van der Waals surface area contributed by atoms with Crippen molar-refractivity contribution in [2.75, 3.05) is 26.7 Å². The third-order valence-electron chi connectivity index (χ3n) is 6.13. The van der Waals surface area contributed by atoms with E-state index in [0.29, 0.717) is 12.5 Å². The summed E-state index contributed by atoms with van der Waals surface area (Å²) < 4.78 is 0. The van der Waals surface area contributed by atoms with E-state index < -0.39 is 0 Å². The number of rotatable bonds is 2. The van der Waals surface area contributed by atoms with Gasteiger partial charge in [0.25, 0.3) is 0 Å². The fourth-order valence-corrected chi connectivity index (χ4v) is 4.32. The van der Waals surface area contributed by atoms with Crippen molar-refractivity contribution in [1.29, 1.82) is 0 Å². The van der Waals surface area contributed by atoms with Gasteiger partial charge in [0.05, 0.1) is 0 Å². The molecule has 1 unspecified atom stereocenters. The Bertz CT molecular complexity index is 423. The number of carbonyl (C=O) groups excluding carboxylic acids is 2. The van der Waals surface area contributed by atoms with Crippen molar-refractivity contribution in [2.45, 2.75) is 57.4 Å². The highest BCUT2D eigenvalue weighted by Crippen LogP contribution is 2.46. The van der Waals surface area contributed by atoms with Gasteiger partial charge < -0.3 is 9.80 Å². The Hall–Kier alpha value is -0.900. The van der Waals surface area contributed by atoms with Crippen molar-refractivity contribution < 1.29 is 9.59 Å². The van der Waals surface area contributed by atoms with Crippen LogP contribution in [0, 0.1) is 11.8 Å². The topological polar surface area (TPSA) is 40.6 Å². The van der Waals surface area contributed by atoms with Crippen molar-refractivity contribution in [3.05, 3.63) is 0 Å². The maximum absolute atomic E-state index is 13.0. The number of hydrogen-bond donors (Lipinski definition) is 0. The first-order chi connectivity index (χ1) is 10.0. The van der Waals surface area contributed by atoms with Gasteiger partial charge in [0.2, 0.25) is 5.91 Å². The molecule has 1 amide bonds. The molecule has 0 bridgehead atoms. The molecule has 0 aromatic heterocycles. The number of Topliss-reactive ketones (excluding diaryl/α,β-unsaturated/α-hetero) is 1. The quantitative estimate of drug-likeness (QED) is 0.782. The van der Waals surface area contributed by atoms with Crippen LogP contribution in [0.25, 0.3) is 0 Å². The van der Waals surface area contributed by atoms with E-state index in [2.05, 4.69) is 16.8 Å². The van der Waals surface area contributed by atoms with E-state index in [4.69, 9.17) is 0 Å². The normalized spacial score (nSPS) is 30.2. The molecule has 2 heterocycles. The van der Waals surface area contributed by atoms with Crippen LogP contribution in [-0.2, 0) is 9.59 Å². The molecular formula is C17H28N2O2. The SMILES string of the molecule is CC(=O)C1CCC2(CCC2)N(C(=O)C2CCN(C)CC2)C1. The average Bonchev–Trinajstić information content (AvgIpc) is 2.45. The molecule has 2 aliphatic heterocycles. The summed E-state index contributed by atoms with van der Waals surface area (Å²) in [6.07, 6.45) is 7.51. The molecule has 0 aromatic rings. The lowest BCUT2D eigenvalue weighted by Crippen LogP contribution is -2.62. The number of nitrogens with zero attached hydrogens (tertiary/aromatic N) is 2. The highest BCUT2D eigenvalue weighted by Gasteiger charge is 2.49. The van der Waals surface area contributed by atoms with E-state index in [1.54, 1.807) is 6.92 Å². The van der Waals surface area contributed by atoms with E-state index in [1.807, 2.05) is 0 Å². The summed E-state index contributed by atoms with van der Waals surface area (Å²) in [5.41, 5.74) is 0.117. The molecule has 2 saturated heterocycles. The lowest BCUT2D eigenvalue weighted by atomic mass is 9.67.